The second-order valence-corrected chi connectivity index (χ2v) is 4.72. The van der Waals surface area contributed by atoms with Crippen molar-refractivity contribution in [2.75, 3.05) is 13.1 Å². The molecule has 1 fully saturated rings. The SMILES string of the molecule is CC1C=CC(N2CCCCC2)=CC1C. The van der Waals surface area contributed by atoms with E-state index in [-0.39, 0.29) is 0 Å². The number of rotatable bonds is 1. The van der Waals surface area contributed by atoms with Crippen LogP contribution in [0.15, 0.2) is 23.9 Å². The van der Waals surface area contributed by atoms with E-state index in [0.717, 1.165) is 0 Å². The topological polar surface area (TPSA) is 3.24 Å². The lowest BCUT2D eigenvalue weighted by Gasteiger charge is -2.32. The van der Waals surface area contributed by atoms with Crippen LogP contribution in [0.1, 0.15) is 33.1 Å². The van der Waals surface area contributed by atoms with Gasteiger partial charge >= 0.3 is 0 Å². The summed E-state index contributed by atoms with van der Waals surface area (Å²) in [6.07, 6.45) is 11.3. The molecule has 0 aromatic rings. The Kier molecular flexibility index (Phi) is 2.95. The summed E-state index contributed by atoms with van der Waals surface area (Å²) in [4.78, 5) is 2.54. The Bertz CT molecular complexity index is 246. The van der Waals surface area contributed by atoms with Gasteiger partial charge in [0.25, 0.3) is 0 Å². The van der Waals surface area contributed by atoms with Gasteiger partial charge in [0.15, 0.2) is 0 Å². The van der Waals surface area contributed by atoms with Crippen LogP contribution in [0, 0.1) is 11.8 Å². The van der Waals surface area contributed by atoms with Gasteiger partial charge in [0.05, 0.1) is 0 Å². The zero-order chi connectivity index (χ0) is 9.97. The molecule has 1 heterocycles. The summed E-state index contributed by atoms with van der Waals surface area (Å²) in [6.45, 7) is 7.14. The predicted octanol–water partition coefficient (Wildman–Crippen LogP) is 3.20. The van der Waals surface area contributed by atoms with E-state index in [0.29, 0.717) is 11.8 Å². The number of hydrogen-bond donors (Lipinski definition) is 0. The Morgan fingerprint density at radius 1 is 1.07 bits per heavy atom. The molecule has 2 rings (SSSR count). The van der Waals surface area contributed by atoms with Crippen LogP contribution < -0.4 is 0 Å². The lowest BCUT2D eigenvalue weighted by atomic mass is 9.90. The molecule has 2 aliphatic rings. The lowest BCUT2D eigenvalue weighted by molar-refractivity contribution is 0.287. The molecule has 0 spiro atoms. The molecular weight excluding hydrogens is 170 g/mol. The molecule has 78 valence electrons. The largest absolute Gasteiger partial charge is 0.372 e. The van der Waals surface area contributed by atoms with E-state index in [4.69, 9.17) is 0 Å². The summed E-state index contributed by atoms with van der Waals surface area (Å²) >= 11 is 0. The van der Waals surface area contributed by atoms with Crippen molar-refractivity contribution in [2.45, 2.75) is 33.1 Å². The molecule has 1 aliphatic carbocycles. The van der Waals surface area contributed by atoms with Gasteiger partial charge in [-0.25, -0.2) is 0 Å². The standard InChI is InChI=1S/C13H21N/c1-11-6-7-13(10-12(11)2)14-8-4-3-5-9-14/h6-7,10-12H,3-5,8-9H2,1-2H3. The Hall–Kier alpha value is -0.720. The highest BCUT2D eigenvalue weighted by Crippen LogP contribution is 2.25. The molecule has 0 amide bonds. The van der Waals surface area contributed by atoms with Crippen molar-refractivity contribution in [2.24, 2.45) is 11.8 Å². The van der Waals surface area contributed by atoms with Crippen molar-refractivity contribution in [3.63, 3.8) is 0 Å². The molecule has 0 N–H and O–H groups in total. The van der Waals surface area contributed by atoms with Gasteiger partial charge in [-0.15, -0.1) is 0 Å². The van der Waals surface area contributed by atoms with Crippen molar-refractivity contribution in [1.82, 2.24) is 4.90 Å². The van der Waals surface area contributed by atoms with Crippen LogP contribution in [0.4, 0.5) is 0 Å². The highest BCUT2D eigenvalue weighted by molar-refractivity contribution is 5.24. The van der Waals surface area contributed by atoms with Crippen LogP contribution in [0.2, 0.25) is 0 Å². The van der Waals surface area contributed by atoms with Crippen molar-refractivity contribution in [1.29, 1.82) is 0 Å². The average molecular weight is 191 g/mol. The minimum atomic E-state index is 0.705. The van der Waals surface area contributed by atoms with Crippen molar-refractivity contribution < 1.29 is 0 Å². The Morgan fingerprint density at radius 2 is 1.79 bits per heavy atom. The molecule has 0 bridgehead atoms. The fourth-order valence-corrected chi connectivity index (χ4v) is 2.27. The third-order valence-corrected chi connectivity index (χ3v) is 3.55. The number of piperidine rings is 1. The van der Waals surface area contributed by atoms with Crippen molar-refractivity contribution in [3.05, 3.63) is 23.9 Å². The molecular formula is C13H21N. The maximum absolute atomic E-state index is 2.54. The number of allylic oxidation sites excluding steroid dienone is 3. The molecule has 1 heteroatoms. The fraction of sp³-hybridized carbons (Fsp3) is 0.692. The fourth-order valence-electron chi connectivity index (χ4n) is 2.27. The van der Waals surface area contributed by atoms with Gasteiger partial charge in [0, 0.05) is 18.8 Å². The third-order valence-electron chi connectivity index (χ3n) is 3.55. The minimum absolute atomic E-state index is 0.705. The van der Waals surface area contributed by atoms with Gasteiger partial charge < -0.3 is 4.90 Å². The van der Waals surface area contributed by atoms with E-state index >= 15 is 0 Å². The zero-order valence-electron chi connectivity index (χ0n) is 9.37. The molecule has 14 heavy (non-hydrogen) atoms. The molecule has 0 aromatic heterocycles. The molecule has 1 aliphatic heterocycles. The number of likely N-dealkylation sites (tertiary alicyclic amines) is 1. The van der Waals surface area contributed by atoms with E-state index in [9.17, 15) is 0 Å². The number of hydrogen-bond acceptors (Lipinski definition) is 1. The molecule has 0 aromatic carbocycles. The van der Waals surface area contributed by atoms with Crippen LogP contribution >= 0.6 is 0 Å². The van der Waals surface area contributed by atoms with Gasteiger partial charge in [-0.2, -0.15) is 0 Å². The van der Waals surface area contributed by atoms with E-state index in [1.54, 1.807) is 0 Å². The Morgan fingerprint density at radius 3 is 2.43 bits per heavy atom. The summed E-state index contributed by atoms with van der Waals surface area (Å²) in [5.74, 6) is 1.42. The monoisotopic (exact) mass is 191 g/mol. The maximum Gasteiger partial charge on any atom is 0.0325 e. The minimum Gasteiger partial charge on any atom is -0.372 e. The number of nitrogens with zero attached hydrogens (tertiary/aromatic N) is 1. The Balaban J connectivity index is 2.03. The summed E-state index contributed by atoms with van der Waals surface area (Å²) in [7, 11) is 0. The molecule has 0 radical (unpaired) electrons. The summed E-state index contributed by atoms with van der Waals surface area (Å²) in [6, 6.07) is 0. The third kappa shape index (κ3) is 2.02. The van der Waals surface area contributed by atoms with Crippen LogP contribution in [0.5, 0.6) is 0 Å². The van der Waals surface area contributed by atoms with Crippen LogP contribution in [-0.4, -0.2) is 18.0 Å². The summed E-state index contributed by atoms with van der Waals surface area (Å²) in [5, 5.41) is 0. The lowest BCUT2D eigenvalue weighted by Crippen LogP contribution is -2.29. The van der Waals surface area contributed by atoms with Crippen molar-refractivity contribution >= 4 is 0 Å². The highest BCUT2D eigenvalue weighted by Gasteiger charge is 2.17. The molecule has 2 unspecified atom stereocenters. The van der Waals surface area contributed by atoms with Gasteiger partial charge in [-0.1, -0.05) is 26.0 Å². The van der Waals surface area contributed by atoms with Crippen LogP contribution in [0.25, 0.3) is 0 Å². The first-order chi connectivity index (χ1) is 6.77. The van der Waals surface area contributed by atoms with Gasteiger partial charge in [0.1, 0.15) is 0 Å². The molecule has 1 saturated heterocycles. The summed E-state index contributed by atoms with van der Waals surface area (Å²) < 4.78 is 0. The normalized spacial score (nSPS) is 33.0. The maximum atomic E-state index is 2.54. The Labute approximate surface area is 87.5 Å². The summed E-state index contributed by atoms with van der Waals surface area (Å²) in [5.41, 5.74) is 1.47. The average Bonchev–Trinajstić information content (AvgIpc) is 2.23. The smallest absolute Gasteiger partial charge is 0.0325 e. The van der Waals surface area contributed by atoms with Gasteiger partial charge in [-0.3, -0.25) is 0 Å². The van der Waals surface area contributed by atoms with Crippen molar-refractivity contribution in [3.8, 4) is 0 Å². The first kappa shape index (κ1) is 9.82. The van der Waals surface area contributed by atoms with E-state index < -0.39 is 0 Å². The molecule has 1 nitrogen and oxygen atoms in total. The van der Waals surface area contributed by atoms with E-state index in [1.165, 1.54) is 38.0 Å². The second-order valence-electron chi connectivity index (χ2n) is 4.72. The van der Waals surface area contributed by atoms with E-state index in [2.05, 4.69) is 37.0 Å². The quantitative estimate of drug-likeness (QED) is 0.615. The van der Waals surface area contributed by atoms with Crippen LogP contribution in [0.3, 0.4) is 0 Å². The highest BCUT2D eigenvalue weighted by atomic mass is 15.1. The van der Waals surface area contributed by atoms with E-state index in [1.807, 2.05) is 0 Å². The van der Waals surface area contributed by atoms with Crippen LogP contribution in [-0.2, 0) is 0 Å². The first-order valence-electron chi connectivity index (χ1n) is 5.92. The first-order valence-corrected chi connectivity index (χ1v) is 5.92. The van der Waals surface area contributed by atoms with Gasteiger partial charge in [0.2, 0.25) is 0 Å². The van der Waals surface area contributed by atoms with Gasteiger partial charge in [-0.05, 0) is 37.2 Å². The second kappa shape index (κ2) is 4.20. The zero-order valence-corrected chi connectivity index (χ0v) is 9.37. The molecule has 0 saturated carbocycles. The molecule has 2 atom stereocenters. The predicted molar refractivity (Wildman–Crippen MR) is 61.0 cm³/mol.